The zero-order valence-electron chi connectivity index (χ0n) is 10.0. The van der Waals surface area contributed by atoms with E-state index in [9.17, 15) is 4.79 Å². The average molecular weight is 263 g/mol. The van der Waals surface area contributed by atoms with E-state index in [1.54, 1.807) is 24.3 Å². The normalized spacial score (nSPS) is 23.1. The molecular formula is C14H15ClN2O. The number of alkyl halides is 1. The molecule has 0 bridgehead atoms. The zero-order valence-corrected chi connectivity index (χ0v) is 10.8. The fraction of sp³-hybridized carbons (Fsp3) is 0.429. The van der Waals surface area contributed by atoms with E-state index >= 15 is 0 Å². The van der Waals surface area contributed by atoms with Gasteiger partial charge < -0.3 is 5.32 Å². The number of benzene rings is 1. The van der Waals surface area contributed by atoms with Gasteiger partial charge in [0, 0.05) is 11.6 Å². The van der Waals surface area contributed by atoms with Gasteiger partial charge in [-0.2, -0.15) is 5.26 Å². The van der Waals surface area contributed by atoms with Crippen LogP contribution >= 0.6 is 11.6 Å². The number of nitrogens with zero attached hydrogens (tertiary/aromatic N) is 1. The summed E-state index contributed by atoms with van der Waals surface area (Å²) in [6.45, 7) is 0. The van der Waals surface area contributed by atoms with Crippen molar-refractivity contribution in [3.63, 3.8) is 0 Å². The van der Waals surface area contributed by atoms with E-state index in [2.05, 4.69) is 5.32 Å². The number of rotatable bonds is 2. The van der Waals surface area contributed by atoms with Crippen LogP contribution < -0.4 is 5.32 Å². The molecule has 0 aliphatic heterocycles. The first kappa shape index (κ1) is 12.9. The molecule has 0 heterocycles. The van der Waals surface area contributed by atoms with E-state index in [1.165, 1.54) is 0 Å². The van der Waals surface area contributed by atoms with E-state index in [4.69, 9.17) is 16.9 Å². The molecule has 1 aromatic carbocycles. The van der Waals surface area contributed by atoms with Crippen LogP contribution in [-0.4, -0.2) is 17.3 Å². The fourth-order valence-electron chi connectivity index (χ4n) is 2.23. The van der Waals surface area contributed by atoms with E-state index in [0.717, 1.165) is 25.7 Å². The molecule has 1 amide bonds. The number of hydrogen-bond donors (Lipinski definition) is 1. The number of carbonyl (C=O) groups excluding carboxylic acids is 1. The van der Waals surface area contributed by atoms with Gasteiger partial charge in [-0.25, -0.2) is 0 Å². The summed E-state index contributed by atoms with van der Waals surface area (Å²) >= 11 is 6.21. The van der Waals surface area contributed by atoms with Crippen LogP contribution in [0.4, 0.5) is 0 Å². The van der Waals surface area contributed by atoms with Gasteiger partial charge in [0.25, 0.3) is 5.91 Å². The first-order valence-corrected chi connectivity index (χ1v) is 6.59. The Balaban J connectivity index is 2.05. The molecule has 0 aromatic heterocycles. The average Bonchev–Trinajstić information content (AvgIpc) is 2.41. The highest BCUT2D eigenvalue weighted by Crippen LogP contribution is 2.23. The highest BCUT2D eigenvalue weighted by molar-refractivity contribution is 6.21. The summed E-state index contributed by atoms with van der Waals surface area (Å²) in [4.78, 5) is 12.0. The van der Waals surface area contributed by atoms with Crippen LogP contribution in [0.25, 0.3) is 0 Å². The lowest BCUT2D eigenvalue weighted by atomic mass is 9.94. The largest absolute Gasteiger partial charge is 0.348 e. The molecule has 1 aromatic rings. The van der Waals surface area contributed by atoms with Crippen molar-refractivity contribution in [2.45, 2.75) is 37.1 Å². The van der Waals surface area contributed by atoms with Gasteiger partial charge in [-0.05, 0) is 31.0 Å². The second kappa shape index (κ2) is 5.88. The third-order valence-corrected chi connectivity index (χ3v) is 3.77. The van der Waals surface area contributed by atoms with E-state index in [-0.39, 0.29) is 17.3 Å². The van der Waals surface area contributed by atoms with Crippen molar-refractivity contribution in [3.05, 3.63) is 35.4 Å². The predicted molar refractivity (Wildman–Crippen MR) is 70.5 cm³/mol. The monoisotopic (exact) mass is 262 g/mol. The van der Waals surface area contributed by atoms with Crippen LogP contribution in [0.15, 0.2) is 24.3 Å². The Hall–Kier alpha value is -1.53. The van der Waals surface area contributed by atoms with Crippen LogP contribution in [0.3, 0.4) is 0 Å². The first-order chi connectivity index (χ1) is 8.70. The fourth-order valence-corrected chi connectivity index (χ4v) is 2.57. The Labute approximate surface area is 112 Å². The van der Waals surface area contributed by atoms with Crippen molar-refractivity contribution in [2.24, 2.45) is 0 Å². The third-order valence-electron chi connectivity index (χ3n) is 3.25. The van der Waals surface area contributed by atoms with Gasteiger partial charge in [0.2, 0.25) is 0 Å². The van der Waals surface area contributed by atoms with Gasteiger partial charge in [-0.1, -0.05) is 18.9 Å². The first-order valence-electron chi connectivity index (χ1n) is 6.16. The number of amides is 1. The lowest BCUT2D eigenvalue weighted by Gasteiger charge is -2.27. The SMILES string of the molecule is N#Cc1cccc(C(=O)NC2CCCCC2Cl)c1. The van der Waals surface area contributed by atoms with E-state index in [1.807, 2.05) is 6.07 Å². The molecule has 2 rings (SSSR count). The maximum Gasteiger partial charge on any atom is 0.251 e. The van der Waals surface area contributed by atoms with E-state index < -0.39 is 0 Å². The van der Waals surface area contributed by atoms with Crippen LogP contribution in [-0.2, 0) is 0 Å². The molecule has 0 radical (unpaired) electrons. The highest BCUT2D eigenvalue weighted by atomic mass is 35.5. The molecular weight excluding hydrogens is 248 g/mol. The minimum absolute atomic E-state index is 0.0156. The van der Waals surface area contributed by atoms with Gasteiger partial charge in [-0.15, -0.1) is 11.6 Å². The minimum Gasteiger partial charge on any atom is -0.348 e. The summed E-state index contributed by atoms with van der Waals surface area (Å²) in [5.74, 6) is -0.148. The molecule has 0 saturated heterocycles. The number of halogens is 1. The maximum absolute atomic E-state index is 12.0. The van der Waals surface area contributed by atoms with Gasteiger partial charge >= 0.3 is 0 Å². The van der Waals surface area contributed by atoms with E-state index in [0.29, 0.717) is 11.1 Å². The summed E-state index contributed by atoms with van der Waals surface area (Å²) in [5.41, 5.74) is 1.01. The van der Waals surface area contributed by atoms with Crippen molar-refractivity contribution in [2.75, 3.05) is 0 Å². The van der Waals surface area contributed by atoms with Crippen LogP contribution in [0.1, 0.15) is 41.6 Å². The van der Waals surface area contributed by atoms with Crippen molar-refractivity contribution >= 4 is 17.5 Å². The summed E-state index contributed by atoms with van der Waals surface area (Å²) in [6.07, 6.45) is 4.11. The van der Waals surface area contributed by atoms with Crippen LogP contribution in [0, 0.1) is 11.3 Å². The van der Waals surface area contributed by atoms with Gasteiger partial charge in [0.15, 0.2) is 0 Å². The summed E-state index contributed by atoms with van der Waals surface area (Å²) < 4.78 is 0. The molecule has 1 aliphatic rings. The maximum atomic E-state index is 12.0. The Morgan fingerprint density at radius 2 is 2.17 bits per heavy atom. The van der Waals surface area contributed by atoms with Crippen molar-refractivity contribution < 1.29 is 4.79 Å². The molecule has 1 aliphatic carbocycles. The summed E-state index contributed by atoms with van der Waals surface area (Å²) in [7, 11) is 0. The number of nitriles is 1. The highest BCUT2D eigenvalue weighted by Gasteiger charge is 2.24. The zero-order chi connectivity index (χ0) is 13.0. The smallest absolute Gasteiger partial charge is 0.251 e. The number of carbonyl (C=O) groups is 1. The third kappa shape index (κ3) is 3.02. The van der Waals surface area contributed by atoms with Gasteiger partial charge in [0.1, 0.15) is 0 Å². The second-order valence-corrected chi connectivity index (χ2v) is 5.13. The number of nitrogens with one attached hydrogen (secondary N) is 1. The molecule has 1 N–H and O–H groups in total. The van der Waals surface area contributed by atoms with Crippen LogP contribution in [0.2, 0.25) is 0 Å². The Morgan fingerprint density at radius 1 is 1.39 bits per heavy atom. The molecule has 2 unspecified atom stereocenters. The predicted octanol–water partition coefficient (Wildman–Crippen LogP) is 2.84. The molecule has 1 fully saturated rings. The molecule has 94 valence electrons. The Bertz CT molecular complexity index is 481. The molecule has 1 saturated carbocycles. The molecule has 4 heteroatoms. The quantitative estimate of drug-likeness (QED) is 0.834. The molecule has 3 nitrogen and oxygen atoms in total. The number of hydrogen-bond acceptors (Lipinski definition) is 2. The van der Waals surface area contributed by atoms with Crippen molar-refractivity contribution in [1.29, 1.82) is 5.26 Å². The molecule has 0 spiro atoms. The standard InChI is InChI=1S/C14H15ClN2O/c15-12-6-1-2-7-13(12)17-14(18)11-5-3-4-10(8-11)9-16/h3-5,8,12-13H,1-2,6-7H2,(H,17,18). The Kier molecular flexibility index (Phi) is 4.22. The summed E-state index contributed by atoms with van der Waals surface area (Å²) in [5, 5.41) is 11.8. The lowest BCUT2D eigenvalue weighted by molar-refractivity contribution is 0.0928. The van der Waals surface area contributed by atoms with Gasteiger partial charge in [-0.3, -0.25) is 4.79 Å². The Morgan fingerprint density at radius 3 is 2.89 bits per heavy atom. The second-order valence-electron chi connectivity index (χ2n) is 4.57. The lowest BCUT2D eigenvalue weighted by Crippen LogP contribution is -2.42. The summed E-state index contributed by atoms with van der Waals surface area (Å²) in [6, 6.07) is 8.78. The molecule has 2 atom stereocenters. The minimum atomic E-state index is -0.148. The molecule has 18 heavy (non-hydrogen) atoms. The topological polar surface area (TPSA) is 52.9 Å². The van der Waals surface area contributed by atoms with Crippen molar-refractivity contribution in [3.8, 4) is 6.07 Å². The van der Waals surface area contributed by atoms with Gasteiger partial charge in [0.05, 0.1) is 17.0 Å². The van der Waals surface area contributed by atoms with Crippen molar-refractivity contribution in [1.82, 2.24) is 5.32 Å². The van der Waals surface area contributed by atoms with Crippen LogP contribution in [0.5, 0.6) is 0 Å².